The second-order valence-corrected chi connectivity index (χ2v) is 7.65. The Morgan fingerprint density at radius 1 is 1.19 bits per heavy atom. The van der Waals surface area contributed by atoms with Crippen LogP contribution in [0.1, 0.15) is 26.2 Å². The standard InChI is InChI=1S/C17H24N2O7S/c1-13(20)19-14-3-5-15(6-4-14)27(22,23)18-9-7-16(21)24-12-8-17-25-10-2-11-26-17/h3-6,17-18H,2,7-12H2,1H3,(H,19,20). The molecule has 0 aliphatic carbocycles. The van der Waals surface area contributed by atoms with Crippen molar-refractivity contribution in [2.45, 2.75) is 37.4 Å². The molecule has 1 aromatic rings. The van der Waals surface area contributed by atoms with Crippen LogP contribution in [0, 0.1) is 0 Å². The third-order valence-electron chi connectivity index (χ3n) is 3.62. The minimum Gasteiger partial charge on any atom is -0.465 e. The number of hydrogen-bond donors (Lipinski definition) is 2. The predicted molar refractivity (Wildman–Crippen MR) is 96.4 cm³/mol. The maximum Gasteiger partial charge on any atom is 0.307 e. The van der Waals surface area contributed by atoms with Gasteiger partial charge < -0.3 is 19.5 Å². The summed E-state index contributed by atoms with van der Waals surface area (Å²) in [5.74, 6) is -0.752. The monoisotopic (exact) mass is 400 g/mol. The molecule has 0 radical (unpaired) electrons. The molecule has 150 valence electrons. The Morgan fingerprint density at radius 2 is 1.85 bits per heavy atom. The average Bonchev–Trinajstić information content (AvgIpc) is 2.62. The van der Waals surface area contributed by atoms with Gasteiger partial charge in [0.2, 0.25) is 15.9 Å². The van der Waals surface area contributed by atoms with E-state index in [1.807, 2.05) is 0 Å². The molecule has 1 fully saturated rings. The molecule has 0 atom stereocenters. The molecule has 0 aromatic heterocycles. The number of benzene rings is 1. The number of carbonyl (C=O) groups is 2. The van der Waals surface area contributed by atoms with Crippen LogP contribution in [0.4, 0.5) is 5.69 Å². The number of esters is 1. The number of ether oxygens (including phenoxy) is 3. The van der Waals surface area contributed by atoms with Gasteiger partial charge in [0.25, 0.3) is 0 Å². The van der Waals surface area contributed by atoms with Gasteiger partial charge in [-0.1, -0.05) is 0 Å². The molecular formula is C17H24N2O7S. The summed E-state index contributed by atoms with van der Waals surface area (Å²) in [6.07, 6.45) is 0.852. The highest BCUT2D eigenvalue weighted by Crippen LogP contribution is 2.14. The van der Waals surface area contributed by atoms with Crippen molar-refractivity contribution in [3.63, 3.8) is 0 Å². The first kappa shape index (κ1) is 21.3. The van der Waals surface area contributed by atoms with Gasteiger partial charge in [-0.15, -0.1) is 0 Å². The van der Waals surface area contributed by atoms with Crippen LogP contribution in [0.3, 0.4) is 0 Å². The molecule has 0 unspecified atom stereocenters. The number of nitrogens with one attached hydrogen (secondary N) is 2. The van der Waals surface area contributed by atoms with E-state index in [0.29, 0.717) is 25.3 Å². The zero-order valence-electron chi connectivity index (χ0n) is 15.1. The summed E-state index contributed by atoms with van der Waals surface area (Å²) in [6, 6.07) is 5.71. The summed E-state index contributed by atoms with van der Waals surface area (Å²) in [5.41, 5.74) is 0.496. The number of anilines is 1. The Balaban J connectivity index is 1.69. The van der Waals surface area contributed by atoms with Crippen LogP contribution < -0.4 is 10.0 Å². The second kappa shape index (κ2) is 10.4. The van der Waals surface area contributed by atoms with E-state index >= 15 is 0 Å². The fraction of sp³-hybridized carbons (Fsp3) is 0.529. The van der Waals surface area contributed by atoms with E-state index in [4.69, 9.17) is 14.2 Å². The molecule has 9 nitrogen and oxygen atoms in total. The molecule has 0 spiro atoms. The summed E-state index contributed by atoms with van der Waals surface area (Å²) in [6.45, 7) is 2.70. The predicted octanol–water partition coefficient (Wildman–Crippen LogP) is 1.01. The molecule has 1 saturated heterocycles. The smallest absolute Gasteiger partial charge is 0.307 e. The average molecular weight is 400 g/mol. The van der Waals surface area contributed by atoms with E-state index in [1.54, 1.807) is 0 Å². The zero-order valence-corrected chi connectivity index (χ0v) is 15.9. The van der Waals surface area contributed by atoms with Gasteiger partial charge in [0.1, 0.15) is 0 Å². The Bertz CT molecular complexity index is 728. The van der Waals surface area contributed by atoms with Gasteiger partial charge in [0.05, 0.1) is 31.1 Å². The van der Waals surface area contributed by atoms with E-state index < -0.39 is 16.0 Å². The van der Waals surface area contributed by atoms with Gasteiger partial charge in [0, 0.05) is 25.6 Å². The molecule has 1 aliphatic rings. The van der Waals surface area contributed by atoms with E-state index in [2.05, 4.69) is 10.0 Å². The third kappa shape index (κ3) is 7.63. The van der Waals surface area contributed by atoms with E-state index in [0.717, 1.165) is 6.42 Å². The van der Waals surface area contributed by atoms with Gasteiger partial charge in [-0.3, -0.25) is 9.59 Å². The van der Waals surface area contributed by atoms with Gasteiger partial charge in [-0.2, -0.15) is 0 Å². The number of sulfonamides is 1. The van der Waals surface area contributed by atoms with E-state index in [1.165, 1.54) is 31.2 Å². The Morgan fingerprint density at radius 3 is 2.48 bits per heavy atom. The van der Waals surface area contributed by atoms with E-state index in [-0.39, 0.29) is 36.7 Å². The van der Waals surface area contributed by atoms with Crippen LogP contribution in [0.15, 0.2) is 29.2 Å². The first-order valence-corrected chi connectivity index (χ1v) is 10.1. The molecule has 27 heavy (non-hydrogen) atoms. The lowest BCUT2D eigenvalue weighted by atomic mass is 10.3. The summed E-state index contributed by atoms with van der Waals surface area (Å²) >= 11 is 0. The van der Waals surface area contributed by atoms with Gasteiger partial charge in [-0.05, 0) is 30.7 Å². The topological polar surface area (TPSA) is 120 Å². The zero-order chi connectivity index (χ0) is 19.7. The normalized spacial score (nSPS) is 15.3. The minimum absolute atomic E-state index is 0.0385. The maximum absolute atomic E-state index is 12.2. The number of carbonyl (C=O) groups excluding carboxylic acids is 2. The first-order chi connectivity index (χ1) is 12.9. The Kier molecular flexibility index (Phi) is 8.17. The molecule has 10 heteroatoms. The molecule has 2 N–H and O–H groups in total. The second-order valence-electron chi connectivity index (χ2n) is 5.89. The van der Waals surface area contributed by atoms with Crippen LogP contribution in [-0.4, -0.2) is 52.9 Å². The van der Waals surface area contributed by atoms with Gasteiger partial charge in [-0.25, -0.2) is 13.1 Å². The SMILES string of the molecule is CC(=O)Nc1ccc(S(=O)(=O)NCCC(=O)OCCC2OCCCO2)cc1. The lowest BCUT2D eigenvalue weighted by Crippen LogP contribution is -2.28. The lowest BCUT2D eigenvalue weighted by molar-refractivity contribution is -0.187. The molecule has 0 saturated carbocycles. The number of hydrogen-bond acceptors (Lipinski definition) is 7. The largest absolute Gasteiger partial charge is 0.465 e. The van der Waals surface area contributed by atoms with Crippen molar-refractivity contribution in [1.29, 1.82) is 0 Å². The van der Waals surface area contributed by atoms with Gasteiger partial charge in [0.15, 0.2) is 6.29 Å². The summed E-state index contributed by atoms with van der Waals surface area (Å²) < 4.78 is 42.4. The fourth-order valence-electron chi connectivity index (χ4n) is 2.34. The number of rotatable bonds is 9. The van der Waals surface area contributed by atoms with Crippen molar-refractivity contribution >= 4 is 27.6 Å². The van der Waals surface area contributed by atoms with Crippen molar-refractivity contribution in [3.05, 3.63) is 24.3 Å². The summed E-state index contributed by atoms with van der Waals surface area (Å²) in [4.78, 5) is 22.7. The van der Waals surface area contributed by atoms with Crippen LogP contribution in [0.5, 0.6) is 0 Å². The highest BCUT2D eigenvalue weighted by molar-refractivity contribution is 7.89. The quantitative estimate of drug-likeness (QED) is 0.594. The summed E-state index contributed by atoms with van der Waals surface area (Å²) in [7, 11) is -3.75. The molecule has 1 aromatic carbocycles. The molecule has 1 heterocycles. The van der Waals surface area contributed by atoms with Crippen molar-refractivity contribution in [3.8, 4) is 0 Å². The van der Waals surface area contributed by atoms with Gasteiger partial charge >= 0.3 is 5.97 Å². The lowest BCUT2D eigenvalue weighted by Gasteiger charge is -2.22. The molecule has 0 bridgehead atoms. The van der Waals surface area contributed by atoms with E-state index in [9.17, 15) is 18.0 Å². The molecule has 1 aliphatic heterocycles. The Labute approximate surface area is 158 Å². The summed E-state index contributed by atoms with van der Waals surface area (Å²) in [5, 5.41) is 2.55. The van der Waals surface area contributed by atoms with Crippen molar-refractivity contribution in [2.24, 2.45) is 0 Å². The van der Waals surface area contributed by atoms with Crippen LogP contribution >= 0.6 is 0 Å². The molecular weight excluding hydrogens is 376 g/mol. The third-order valence-corrected chi connectivity index (χ3v) is 5.10. The maximum atomic E-state index is 12.2. The minimum atomic E-state index is -3.75. The van der Waals surface area contributed by atoms with Crippen LogP contribution in [-0.2, 0) is 33.8 Å². The number of amides is 1. The highest BCUT2D eigenvalue weighted by atomic mass is 32.2. The Hall–Kier alpha value is -2.01. The van der Waals surface area contributed by atoms with Crippen molar-refractivity contribution in [1.82, 2.24) is 4.72 Å². The first-order valence-electron chi connectivity index (χ1n) is 8.63. The van der Waals surface area contributed by atoms with Crippen molar-refractivity contribution in [2.75, 3.05) is 31.7 Å². The van der Waals surface area contributed by atoms with Crippen LogP contribution in [0.25, 0.3) is 0 Å². The fourth-order valence-corrected chi connectivity index (χ4v) is 3.37. The molecule has 2 rings (SSSR count). The highest BCUT2D eigenvalue weighted by Gasteiger charge is 2.16. The molecule has 1 amide bonds. The van der Waals surface area contributed by atoms with Crippen LogP contribution in [0.2, 0.25) is 0 Å². The van der Waals surface area contributed by atoms with Crippen molar-refractivity contribution < 1.29 is 32.2 Å².